The fourth-order valence-electron chi connectivity index (χ4n) is 2.20. The van der Waals surface area contributed by atoms with E-state index in [0.717, 1.165) is 30.6 Å². The van der Waals surface area contributed by atoms with Crippen LogP contribution in [0.1, 0.15) is 18.9 Å². The van der Waals surface area contributed by atoms with E-state index in [1.165, 1.54) is 18.8 Å². The van der Waals surface area contributed by atoms with Crippen LogP contribution in [0.5, 0.6) is 5.75 Å². The topological polar surface area (TPSA) is 36.3 Å². The van der Waals surface area contributed by atoms with Gasteiger partial charge in [0.05, 0.1) is 18.2 Å². The van der Waals surface area contributed by atoms with Gasteiger partial charge in [0, 0.05) is 30.6 Å². The number of thioether (sulfide) groups is 1. The van der Waals surface area contributed by atoms with E-state index in [9.17, 15) is 0 Å². The molecule has 1 aromatic carbocycles. The van der Waals surface area contributed by atoms with Gasteiger partial charge in [0.2, 0.25) is 0 Å². The Balaban J connectivity index is 1.64. The van der Waals surface area contributed by atoms with Gasteiger partial charge in [-0.2, -0.15) is 17.0 Å². The van der Waals surface area contributed by atoms with Crippen LogP contribution >= 0.6 is 11.8 Å². The fraction of sp³-hybridized carbons (Fsp3) is 0.533. The monoisotopic (exact) mass is 276 g/mol. The summed E-state index contributed by atoms with van der Waals surface area (Å²) in [5, 5.41) is 9.47. The largest absolute Gasteiger partial charge is 0.494 e. The maximum absolute atomic E-state index is 8.71. The second-order valence-electron chi connectivity index (χ2n) is 4.82. The molecule has 3 nitrogen and oxygen atoms in total. The van der Waals surface area contributed by atoms with Gasteiger partial charge in [-0.3, -0.25) is 0 Å². The van der Waals surface area contributed by atoms with Crippen LogP contribution in [-0.2, 0) is 0 Å². The maximum Gasteiger partial charge on any atom is 0.119 e. The molecule has 102 valence electrons. The molecule has 4 heteroatoms. The van der Waals surface area contributed by atoms with E-state index in [2.05, 4.69) is 29.7 Å². The summed E-state index contributed by atoms with van der Waals surface area (Å²) >= 11 is 2.06. The summed E-state index contributed by atoms with van der Waals surface area (Å²) in [5.74, 6) is 2.10. The quantitative estimate of drug-likeness (QED) is 0.775. The lowest BCUT2D eigenvalue weighted by atomic mass is 10.2. The van der Waals surface area contributed by atoms with Crippen LogP contribution in [0.15, 0.2) is 24.3 Å². The number of hydrogen-bond donors (Lipinski definition) is 0. The molecule has 0 amide bonds. The van der Waals surface area contributed by atoms with E-state index in [4.69, 9.17) is 10.00 Å². The SMILES string of the molecule is CC1CN(CCCOc2ccc(C#N)cc2)CCS1. The molecule has 0 aliphatic carbocycles. The summed E-state index contributed by atoms with van der Waals surface area (Å²) in [4.78, 5) is 2.52. The summed E-state index contributed by atoms with van der Waals surface area (Å²) in [6, 6.07) is 9.40. The molecule has 19 heavy (non-hydrogen) atoms. The highest BCUT2D eigenvalue weighted by Gasteiger charge is 2.15. The zero-order valence-corrected chi connectivity index (χ0v) is 12.2. The molecule has 0 spiro atoms. The van der Waals surface area contributed by atoms with Crippen LogP contribution in [0.2, 0.25) is 0 Å². The zero-order chi connectivity index (χ0) is 13.5. The number of hydrogen-bond acceptors (Lipinski definition) is 4. The van der Waals surface area contributed by atoms with Crippen molar-refractivity contribution in [2.45, 2.75) is 18.6 Å². The van der Waals surface area contributed by atoms with Gasteiger partial charge in [-0.1, -0.05) is 6.92 Å². The Hall–Kier alpha value is -1.18. The minimum Gasteiger partial charge on any atom is -0.494 e. The normalized spacial score (nSPS) is 19.9. The van der Waals surface area contributed by atoms with Gasteiger partial charge in [-0.05, 0) is 30.7 Å². The maximum atomic E-state index is 8.71. The van der Waals surface area contributed by atoms with Crippen LogP contribution in [-0.4, -0.2) is 42.1 Å². The fourth-order valence-corrected chi connectivity index (χ4v) is 3.28. The van der Waals surface area contributed by atoms with E-state index in [-0.39, 0.29) is 0 Å². The van der Waals surface area contributed by atoms with Crippen molar-refractivity contribution < 1.29 is 4.74 Å². The minimum atomic E-state index is 0.673. The third kappa shape index (κ3) is 4.77. The van der Waals surface area contributed by atoms with Crippen molar-refractivity contribution in [2.24, 2.45) is 0 Å². The Labute approximate surface area is 119 Å². The Morgan fingerprint density at radius 2 is 2.21 bits per heavy atom. The first-order chi connectivity index (χ1) is 9.28. The second kappa shape index (κ2) is 7.42. The molecular formula is C15H20N2OS. The molecule has 0 saturated carbocycles. The number of nitriles is 1. The zero-order valence-electron chi connectivity index (χ0n) is 11.3. The summed E-state index contributed by atoms with van der Waals surface area (Å²) in [7, 11) is 0. The molecule has 0 aromatic heterocycles. The first-order valence-corrected chi connectivity index (χ1v) is 7.80. The van der Waals surface area contributed by atoms with Crippen LogP contribution in [0.4, 0.5) is 0 Å². The van der Waals surface area contributed by atoms with E-state index >= 15 is 0 Å². The van der Waals surface area contributed by atoms with Gasteiger partial charge in [0.25, 0.3) is 0 Å². The van der Waals surface area contributed by atoms with E-state index in [0.29, 0.717) is 5.56 Å². The lowest BCUT2D eigenvalue weighted by Gasteiger charge is -2.30. The number of benzene rings is 1. The van der Waals surface area contributed by atoms with Gasteiger partial charge in [0.1, 0.15) is 5.75 Å². The van der Waals surface area contributed by atoms with Crippen molar-refractivity contribution in [3.05, 3.63) is 29.8 Å². The average Bonchev–Trinajstić information content (AvgIpc) is 2.44. The van der Waals surface area contributed by atoms with E-state index in [1.54, 1.807) is 12.1 Å². The molecule has 1 aliphatic heterocycles. The summed E-state index contributed by atoms with van der Waals surface area (Å²) < 4.78 is 5.68. The minimum absolute atomic E-state index is 0.673. The van der Waals surface area contributed by atoms with Crippen molar-refractivity contribution in [3.8, 4) is 11.8 Å². The standard InChI is InChI=1S/C15H20N2OS/c1-13-12-17(8-10-19-13)7-2-9-18-15-5-3-14(11-16)4-6-15/h3-6,13H,2,7-10,12H2,1H3. The highest BCUT2D eigenvalue weighted by atomic mass is 32.2. The molecule has 1 heterocycles. The summed E-state index contributed by atoms with van der Waals surface area (Å²) in [6.07, 6.45) is 1.05. The molecule has 1 saturated heterocycles. The molecular weight excluding hydrogens is 256 g/mol. The Bertz CT molecular complexity index is 427. The third-order valence-electron chi connectivity index (χ3n) is 3.20. The van der Waals surface area contributed by atoms with E-state index in [1.807, 2.05) is 12.1 Å². The van der Waals surface area contributed by atoms with E-state index < -0.39 is 0 Å². The first-order valence-electron chi connectivity index (χ1n) is 6.75. The summed E-state index contributed by atoms with van der Waals surface area (Å²) in [5.41, 5.74) is 0.673. The Morgan fingerprint density at radius 3 is 2.89 bits per heavy atom. The lowest BCUT2D eigenvalue weighted by Crippen LogP contribution is -2.37. The van der Waals surface area contributed by atoms with Crippen LogP contribution < -0.4 is 4.74 Å². The van der Waals surface area contributed by atoms with Gasteiger partial charge in [0.15, 0.2) is 0 Å². The number of ether oxygens (including phenoxy) is 1. The molecule has 0 bridgehead atoms. The molecule has 0 radical (unpaired) electrons. The van der Waals surface area contributed by atoms with Crippen LogP contribution in [0.3, 0.4) is 0 Å². The van der Waals surface area contributed by atoms with Crippen molar-refractivity contribution in [3.63, 3.8) is 0 Å². The average molecular weight is 276 g/mol. The third-order valence-corrected chi connectivity index (χ3v) is 4.33. The van der Waals surface area contributed by atoms with Gasteiger partial charge >= 0.3 is 0 Å². The van der Waals surface area contributed by atoms with Gasteiger partial charge < -0.3 is 9.64 Å². The van der Waals surface area contributed by atoms with Crippen molar-refractivity contribution >= 4 is 11.8 Å². The molecule has 1 unspecified atom stereocenters. The Morgan fingerprint density at radius 1 is 1.42 bits per heavy atom. The molecule has 1 fully saturated rings. The van der Waals surface area contributed by atoms with Crippen molar-refractivity contribution in [2.75, 3.05) is 32.0 Å². The molecule has 2 rings (SSSR count). The van der Waals surface area contributed by atoms with Crippen LogP contribution in [0, 0.1) is 11.3 Å². The highest BCUT2D eigenvalue weighted by Crippen LogP contribution is 2.18. The van der Waals surface area contributed by atoms with Crippen molar-refractivity contribution in [1.29, 1.82) is 5.26 Å². The number of nitrogens with zero attached hydrogens (tertiary/aromatic N) is 2. The summed E-state index contributed by atoms with van der Waals surface area (Å²) in [6.45, 7) is 6.54. The lowest BCUT2D eigenvalue weighted by molar-refractivity contribution is 0.241. The predicted octanol–water partition coefficient (Wildman–Crippen LogP) is 2.76. The molecule has 1 aromatic rings. The molecule has 0 N–H and O–H groups in total. The van der Waals surface area contributed by atoms with Crippen molar-refractivity contribution in [1.82, 2.24) is 4.90 Å². The Kier molecular flexibility index (Phi) is 5.56. The van der Waals surface area contributed by atoms with Gasteiger partial charge in [-0.25, -0.2) is 0 Å². The molecule has 1 atom stereocenters. The number of rotatable bonds is 5. The second-order valence-corrected chi connectivity index (χ2v) is 6.37. The highest BCUT2D eigenvalue weighted by molar-refractivity contribution is 7.99. The van der Waals surface area contributed by atoms with Gasteiger partial charge in [-0.15, -0.1) is 0 Å². The van der Waals surface area contributed by atoms with Crippen LogP contribution in [0.25, 0.3) is 0 Å². The smallest absolute Gasteiger partial charge is 0.119 e. The predicted molar refractivity (Wildman–Crippen MR) is 79.6 cm³/mol. The molecule has 1 aliphatic rings. The first kappa shape index (κ1) is 14.2.